The second-order valence-corrected chi connectivity index (χ2v) is 8.45. The summed E-state index contributed by atoms with van der Waals surface area (Å²) in [7, 11) is 0. The van der Waals surface area contributed by atoms with E-state index in [2.05, 4.69) is 20.8 Å². The molecule has 1 atom stereocenters. The van der Waals surface area contributed by atoms with Crippen molar-refractivity contribution in [3.8, 4) is 5.75 Å². The van der Waals surface area contributed by atoms with Crippen LogP contribution >= 0.6 is 23.4 Å². The van der Waals surface area contributed by atoms with Crippen LogP contribution < -0.4 is 15.4 Å². The minimum Gasteiger partial charge on any atom is -0.494 e. The number of carbonyl (C=O) groups excluding carboxylic acids is 2. The Balaban J connectivity index is 1.53. The Labute approximate surface area is 190 Å². The molecule has 1 heterocycles. The molecule has 0 bridgehead atoms. The highest BCUT2D eigenvalue weighted by Gasteiger charge is 2.32. The van der Waals surface area contributed by atoms with E-state index < -0.39 is 5.25 Å². The number of nitrogens with zero attached hydrogens (tertiary/aromatic N) is 2. The van der Waals surface area contributed by atoms with Gasteiger partial charge in [-0.05, 0) is 55.3 Å². The number of hydrogen-bond acceptors (Lipinski definition) is 6. The number of amides is 2. The second-order valence-electron chi connectivity index (χ2n) is 6.82. The molecular formula is C22H23ClN4O3S. The molecule has 0 aliphatic carbocycles. The zero-order valence-electron chi connectivity index (χ0n) is 17.2. The van der Waals surface area contributed by atoms with E-state index in [1.807, 2.05) is 26.0 Å². The van der Waals surface area contributed by atoms with E-state index >= 15 is 0 Å². The first-order valence-electron chi connectivity index (χ1n) is 9.83. The quantitative estimate of drug-likeness (QED) is 0.451. The zero-order valence-corrected chi connectivity index (χ0v) is 18.8. The topological polar surface area (TPSA) is 92.2 Å². The monoisotopic (exact) mass is 458 g/mol. The molecule has 31 heavy (non-hydrogen) atoms. The number of ether oxygens (including phenoxy) is 1. The molecule has 0 radical (unpaired) electrons. The van der Waals surface area contributed by atoms with E-state index in [0.29, 0.717) is 28.2 Å². The second kappa shape index (κ2) is 11.0. The molecule has 0 saturated carbocycles. The predicted molar refractivity (Wildman–Crippen MR) is 126 cm³/mol. The van der Waals surface area contributed by atoms with E-state index in [-0.39, 0.29) is 18.2 Å². The zero-order chi connectivity index (χ0) is 22.2. The maximum absolute atomic E-state index is 12.3. The van der Waals surface area contributed by atoms with Crippen molar-refractivity contribution >= 4 is 51.7 Å². The van der Waals surface area contributed by atoms with Crippen LogP contribution in [-0.4, -0.2) is 34.6 Å². The molecule has 2 N–H and O–H groups in total. The third kappa shape index (κ3) is 6.83. The fourth-order valence-corrected chi connectivity index (χ4v) is 3.73. The first kappa shape index (κ1) is 22.8. The Morgan fingerprint density at radius 2 is 1.90 bits per heavy atom. The molecule has 162 valence electrons. The van der Waals surface area contributed by atoms with Gasteiger partial charge in [-0.2, -0.15) is 5.10 Å². The Bertz CT molecular complexity index is 991. The predicted octanol–water partition coefficient (Wildman–Crippen LogP) is 4.47. The van der Waals surface area contributed by atoms with Gasteiger partial charge in [-0.1, -0.05) is 42.4 Å². The van der Waals surface area contributed by atoms with Gasteiger partial charge in [-0.3, -0.25) is 9.59 Å². The number of rotatable bonds is 8. The van der Waals surface area contributed by atoms with Gasteiger partial charge in [0.2, 0.25) is 11.8 Å². The number of hydrogen-bond donors (Lipinski definition) is 2. The van der Waals surface area contributed by atoms with Crippen LogP contribution in [0.3, 0.4) is 0 Å². The molecule has 0 spiro atoms. The maximum Gasteiger partial charge on any atom is 0.240 e. The number of anilines is 1. The molecular weight excluding hydrogens is 436 g/mol. The fraction of sp³-hybridized carbons (Fsp3) is 0.273. The van der Waals surface area contributed by atoms with E-state index in [1.54, 1.807) is 36.4 Å². The molecule has 9 heteroatoms. The smallest absolute Gasteiger partial charge is 0.240 e. The lowest BCUT2D eigenvalue weighted by molar-refractivity contribution is -0.122. The summed E-state index contributed by atoms with van der Waals surface area (Å²) < 4.78 is 5.52. The fourth-order valence-electron chi connectivity index (χ4n) is 2.69. The third-order valence-electron chi connectivity index (χ3n) is 4.31. The van der Waals surface area contributed by atoms with Gasteiger partial charge in [0.15, 0.2) is 5.17 Å². The van der Waals surface area contributed by atoms with Gasteiger partial charge < -0.3 is 15.4 Å². The van der Waals surface area contributed by atoms with Gasteiger partial charge in [-0.15, -0.1) is 5.10 Å². The standard InChI is InChI=1S/C22H23ClN4O3S/c1-3-12-30-18-10-8-17(9-11-18)24-20(28)13-19-21(29)25-22(31-19)27-26-14(2)15-4-6-16(23)7-5-15/h4-11,19H,3,12-13H2,1-2H3,(H,24,28)(H,25,27,29)/b26-14-/t19-/m1/s1. The number of nitrogens with one attached hydrogen (secondary N) is 2. The van der Waals surface area contributed by atoms with Crippen LogP contribution in [0.2, 0.25) is 5.02 Å². The highest BCUT2D eigenvalue weighted by molar-refractivity contribution is 8.15. The number of benzene rings is 2. The lowest BCUT2D eigenvalue weighted by Crippen LogP contribution is -2.28. The summed E-state index contributed by atoms with van der Waals surface area (Å²) in [5, 5.41) is 14.2. The van der Waals surface area contributed by atoms with Crippen molar-refractivity contribution in [1.82, 2.24) is 5.32 Å². The van der Waals surface area contributed by atoms with Crippen molar-refractivity contribution in [3.63, 3.8) is 0 Å². The van der Waals surface area contributed by atoms with Gasteiger partial charge in [-0.25, -0.2) is 0 Å². The summed E-state index contributed by atoms with van der Waals surface area (Å²) in [5.41, 5.74) is 2.21. The molecule has 1 fully saturated rings. The summed E-state index contributed by atoms with van der Waals surface area (Å²) in [6.45, 7) is 4.50. The summed E-state index contributed by atoms with van der Waals surface area (Å²) in [6.07, 6.45) is 0.959. The van der Waals surface area contributed by atoms with E-state index in [9.17, 15) is 9.59 Å². The maximum atomic E-state index is 12.3. The number of thioether (sulfide) groups is 1. The van der Waals surface area contributed by atoms with E-state index in [0.717, 1.165) is 17.7 Å². The molecule has 3 rings (SSSR count). The lowest BCUT2D eigenvalue weighted by Gasteiger charge is -2.09. The van der Waals surface area contributed by atoms with E-state index in [4.69, 9.17) is 16.3 Å². The van der Waals surface area contributed by atoms with Crippen LogP contribution in [0.25, 0.3) is 0 Å². The summed E-state index contributed by atoms with van der Waals surface area (Å²) in [6, 6.07) is 14.4. The van der Waals surface area contributed by atoms with E-state index in [1.165, 1.54) is 11.8 Å². The average Bonchev–Trinajstić information content (AvgIpc) is 3.11. The molecule has 1 aliphatic rings. The third-order valence-corrected chi connectivity index (χ3v) is 5.64. The average molecular weight is 459 g/mol. The summed E-state index contributed by atoms with van der Waals surface area (Å²) in [5.74, 6) is 0.236. The minimum absolute atomic E-state index is 0.0312. The molecule has 2 aromatic carbocycles. The molecule has 2 aromatic rings. The van der Waals surface area contributed by atoms with Gasteiger partial charge in [0.25, 0.3) is 0 Å². The molecule has 2 amide bonds. The van der Waals surface area contributed by atoms with Crippen LogP contribution in [0, 0.1) is 0 Å². The molecule has 0 unspecified atom stereocenters. The van der Waals surface area contributed by atoms with Crippen LogP contribution in [0.5, 0.6) is 5.75 Å². The Morgan fingerprint density at radius 3 is 2.58 bits per heavy atom. The Morgan fingerprint density at radius 1 is 1.19 bits per heavy atom. The van der Waals surface area contributed by atoms with Crippen molar-refractivity contribution in [2.24, 2.45) is 10.2 Å². The summed E-state index contributed by atoms with van der Waals surface area (Å²) >= 11 is 7.08. The SMILES string of the molecule is CCCOc1ccc(NC(=O)C[C@H]2S/C(=N\N=C(\C)c3ccc(Cl)cc3)NC2=O)cc1. The van der Waals surface area contributed by atoms with Gasteiger partial charge in [0.1, 0.15) is 11.0 Å². The van der Waals surface area contributed by atoms with Crippen molar-refractivity contribution in [3.05, 3.63) is 59.1 Å². The largest absolute Gasteiger partial charge is 0.494 e. The van der Waals surface area contributed by atoms with Crippen LogP contribution in [0.4, 0.5) is 5.69 Å². The first-order chi connectivity index (χ1) is 14.9. The number of halogens is 1. The Kier molecular flexibility index (Phi) is 8.08. The number of amidine groups is 1. The highest BCUT2D eigenvalue weighted by Crippen LogP contribution is 2.24. The molecule has 0 aromatic heterocycles. The highest BCUT2D eigenvalue weighted by atomic mass is 35.5. The van der Waals surface area contributed by atoms with Crippen molar-refractivity contribution in [1.29, 1.82) is 0 Å². The van der Waals surface area contributed by atoms with Crippen LogP contribution in [-0.2, 0) is 9.59 Å². The van der Waals surface area contributed by atoms with Crippen LogP contribution in [0.15, 0.2) is 58.7 Å². The first-order valence-corrected chi connectivity index (χ1v) is 11.1. The minimum atomic E-state index is -0.558. The van der Waals surface area contributed by atoms with Crippen molar-refractivity contribution < 1.29 is 14.3 Å². The normalized spacial score (nSPS) is 17.5. The van der Waals surface area contributed by atoms with Gasteiger partial charge >= 0.3 is 0 Å². The number of carbonyl (C=O) groups is 2. The molecule has 7 nitrogen and oxygen atoms in total. The van der Waals surface area contributed by atoms with Crippen LogP contribution in [0.1, 0.15) is 32.3 Å². The molecule has 1 saturated heterocycles. The van der Waals surface area contributed by atoms with Gasteiger partial charge in [0.05, 0.1) is 12.3 Å². The van der Waals surface area contributed by atoms with Crippen molar-refractivity contribution in [2.45, 2.75) is 31.9 Å². The Hall–Kier alpha value is -2.84. The molecule has 1 aliphatic heterocycles. The lowest BCUT2D eigenvalue weighted by atomic mass is 10.1. The van der Waals surface area contributed by atoms with Crippen molar-refractivity contribution in [2.75, 3.05) is 11.9 Å². The summed E-state index contributed by atoms with van der Waals surface area (Å²) in [4.78, 5) is 24.5. The van der Waals surface area contributed by atoms with Gasteiger partial charge in [0, 0.05) is 17.1 Å².